The number of hydrogen-bond acceptors (Lipinski definition) is 5. The highest BCUT2D eigenvalue weighted by molar-refractivity contribution is 5.75. The van der Waals surface area contributed by atoms with Crippen LogP contribution >= 0.6 is 0 Å². The number of methoxy groups -OCH3 is 1. The lowest BCUT2D eigenvalue weighted by Gasteiger charge is -2.10. The van der Waals surface area contributed by atoms with E-state index in [0.717, 1.165) is 41.9 Å². The number of unbranched alkanes of at least 4 members (excludes halogenated alkanes) is 1. The Labute approximate surface area is 223 Å². The first-order valence-electron chi connectivity index (χ1n) is 12.6. The predicted molar refractivity (Wildman–Crippen MR) is 151 cm³/mol. The number of nitro benzene ring substituents is 1. The van der Waals surface area contributed by atoms with Gasteiger partial charge in [-0.25, -0.2) is 0 Å². The van der Waals surface area contributed by atoms with Gasteiger partial charge in [-0.2, -0.15) is 0 Å². The van der Waals surface area contributed by atoms with Gasteiger partial charge in [0.25, 0.3) is 0 Å². The summed E-state index contributed by atoms with van der Waals surface area (Å²) in [5, 5.41) is 11.7. The molecule has 0 unspecified atom stereocenters. The summed E-state index contributed by atoms with van der Waals surface area (Å²) in [5.74, 6) is 1.79. The molecule has 0 heterocycles. The normalized spacial score (nSPS) is 10.9. The molecule has 4 aromatic carbocycles. The van der Waals surface area contributed by atoms with Crippen LogP contribution in [0.5, 0.6) is 17.2 Å². The Kier molecular flexibility index (Phi) is 9.51. The summed E-state index contributed by atoms with van der Waals surface area (Å²) in [6, 6.07) is 30.6. The molecule has 6 nitrogen and oxygen atoms in total. The van der Waals surface area contributed by atoms with Crippen molar-refractivity contribution in [3.63, 3.8) is 0 Å². The van der Waals surface area contributed by atoms with Crippen molar-refractivity contribution in [3.8, 4) is 17.2 Å². The Bertz CT molecular complexity index is 1330. The second-order valence-corrected chi connectivity index (χ2v) is 8.78. The number of aryl methyl sites for hydroxylation is 1. The second kappa shape index (κ2) is 13.7. The first-order chi connectivity index (χ1) is 18.6. The lowest BCUT2D eigenvalue weighted by molar-refractivity contribution is -0.386. The molecule has 38 heavy (non-hydrogen) atoms. The van der Waals surface area contributed by atoms with Crippen LogP contribution in [0, 0.1) is 10.1 Å². The van der Waals surface area contributed by atoms with Gasteiger partial charge in [0.1, 0.15) is 18.1 Å². The highest BCUT2D eigenvalue weighted by Crippen LogP contribution is 2.33. The Morgan fingerprint density at radius 2 is 1.47 bits per heavy atom. The van der Waals surface area contributed by atoms with Crippen molar-refractivity contribution >= 4 is 17.8 Å². The van der Waals surface area contributed by atoms with E-state index in [2.05, 4.69) is 24.3 Å². The molecular formula is C32H31NO5. The summed E-state index contributed by atoms with van der Waals surface area (Å²) < 4.78 is 17.0. The van der Waals surface area contributed by atoms with Gasteiger partial charge in [0.2, 0.25) is 5.75 Å². The van der Waals surface area contributed by atoms with Crippen molar-refractivity contribution in [1.82, 2.24) is 0 Å². The number of para-hydroxylation sites is 1. The molecular weight excluding hydrogens is 478 g/mol. The van der Waals surface area contributed by atoms with E-state index < -0.39 is 4.92 Å². The average molecular weight is 510 g/mol. The standard InChI is InChI=1S/C32H31NO5/c1-36-29-19-16-27(17-20-29)24-38-32-28(11-7-12-31(32)33(34)35)18-13-26-14-21-30(22-15-26)37-23-6-5-10-25-8-3-2-4-9-25/h2-4,7-9,11-22H,5-6,10,23-24H2,1H3/b18-13+. The summed E-state index contributed by atoms with van der Waals surface area (Å²) in [6.45, 7) is 0.873. The Morgan fingerprint density at radius 3 is 2.18 bits per heavy atom. The lowest BCUT2D eigenvalue weighted by atomic mass is 10.1. The molecule has 0 radical (unpaired) electrons. The van der Waals surface area contributed by atoms with E-state index in [0.29, 0.717) is 12.2 Å². The number of benzene rings is 4. The predicted octanol–water partition coefficient (Wildman–Crippen LogP) is 7.75. The van der Waals surface area contributed by atoms with Crippen LogP contribution in [0.4, 0.5) is 5.69 Å². The van der Waals surface area contributed by atoms with Gasteiger partial charge in [-0.1, -0.05) is 78.9 Å². The van der Waals surface area contributed by atoms with E-state index in [-0.39, 0.29) is 18.0 Å². The summed E-state index contributed by atoms with van der Waals surface area (Å²) in [6.07, 6.45) is 6.86. The number of nitrogens with zero attached hydrogens (tertiary/aromatic N) is 1. The van der Waals surface area contributed by atoms with Gasteiger partial charge in [-0.3, -0.25) is 10.1 Å². The quantitative estimate of drug-likeness (QED) is 0.0797. The first-order valence-corrected chi connectivity index (χ1v) is 12.6. The summed E-state index contributed by atoms with van der Waals surface area (Å²) in [7, 11) is 1.60. The molecule has 0 saturated carbocycles. The van der Waals surface area contributed by atoms with Crippen LogP contribution in [0.3, 0.4) is 0 Å². The van der Waals surface area contributed by atoms with E-state index in [1.165, 1.54) is 11.6 Å². The van der Waals surface area contributed by atoms with Crippen LogP contribution in [-0.2, 0) is 13.0 Å². The van der Waals surface area contributed by atoms with E-state index in [9.17, 15) is 10.1 Å². The molecule has 4 rings (SSSR count). The molecule has 0 saturated heterocycles. The van der Waals surface area contributed by atoms with Crippen LogP contribution in [-0.4, -0.2) is 18.6 Å². The van der Waals surface area contributed by atoms with Crippen LogP contribution in [0.2, 0.25) is 0 Å². The SMILES string of the molecule is COc1ccc(COc2c(/C=C/c3ccc(OCCCCc4ccccc4)cc3)cccc2[N+](=O)[O-])cc1. The van der Waals surface area contributed by atoms with E-state index in [1.54, 1.807) is 19.2 Å². The van der Waals surface area contributed by atoms with Crippen LogP contribution < -0.4 is 14.2 Å². The first kappa shape index (κ1) is 26.5. The number of rotatable bonds is 13. The van der Waals surface area contributed by atoms with Gasteiger partial charge in [0, 0.05) is 11.6 Å². The van der Waals surface area contributed by atoms with E-state index >= 15 is 0 Å². The van der Waals surface area contributed by atoms with E-state index in [1.807, 2.05) is 66.7 Å². The zero-order valence-electron chi connectivity index (χ0n) is 21.4. The van der Waals surface area contributed by atoms with Crippen molar-refractivity contribution < 1.29 is 19.1 Å². The van der Waals surface area contributed by atoms with E-state index in [4.69, 9.17) is 14.2 Å². The molecule has 0 amide bonds. The van der Waals surface area contributed by atoms with Crippen LogP contribution in [0.25, 0.3) is 12.2 Å². The van der Waals surface area contributed by atoms with Crippen molar-refractivity contribution in [2.24, 2.45) is 0 Å². The largest absolute Gasteiger partial charge is 0.497 e. The second-order valence-electron chi connectivity index (χ2n) is 8.78. The minimum absolute atomic E-state index is 0.0725. The molecule has 0 N–H and O–H groups in total. The highest BCUT2D eigenvalue weighted by atomic mass is 16.6. The Hall–Kier alpha value is -4.58. The molecule has 4 aromatic rings. The fourth-order valence-electron chi connectivity index (χ4n) is 3.98. The van der Waals surface area contributed by atoms with Gasteiger partial charge in [-0.15, -0.1) is 0 Å². The van der Waals surface area contributed by atoms with Crippen molar-refractivity contribution in [3.05, 3.63) is 129 Å². The minimum atomic E-state index is -0.424. The maximum Gasteiger partial charge on any atom is 0.311 e. The summed E-state index contributed by atoms with van der Waals surface area (Å²) >= 11 is 0. The summed E-state index contributed by atoms with van der Waals surface area (Å²) in [5.41, 5.74) is 3.74. The van der Waals surface area contributed by atoms with Crippen molar-refractivity contribution in [1.29, 1.82) is 0 Å². The third-order valence-electron chi connectivity index (χ3n) is 6.07. The molecule has 0 bridgehead atoms. The number of ether oxygens (including phenoxy) is 3. The van der Waals surface area contributed by atoms with Gasteiger partial charge in [0.15, 0.2) is 0 Å². The Balaban J connectivity index is 1.35. The molecule has 0 aliphatic carbocycles. The average Bonchev–Trinajstić information content (AvgIpc) is 2.96. The molecule has 6 heteroatoms. The monoisotopic (exact) mass is 509 g/mol. The topological polar surface area (TPSA) is 70.8 Å². The van der Waals surface area contributed by atoms with Crippen LogP contribution in [0.15, 0.2) is 97.1 Å². The third kappa shape index (κ3) is 7.71. The maximum atomic E-state index is 11.7. The lowest BCUT2D eigenvalue weighted by Crippen LogP contribution is -2.01. The fourth-order valence-corrected chi connectivity index (χ4v) is 3.98. The van der Waals surface area contributed by atoms with Gasteiger partial charge < -0.3 is 14.2 Å². The fraction of sp³-hybridized carbons (Fsp3) is 0.188. The molecule has 0 aromatic heterocycles. The molecule has 194 valence electrons. The van der Waals surface area contributed by atoms with Crippen molar-refractivity contribution in [2.75, 3.05) is 13.7 Å². The zero-order chi connectivity index (χ0) is 26.6. The van der Waals surface area contributed by atoms with Gasteiger partial charge in [-0.05, 0) is 60.2 Å². The van der Waals surface area contributed by atoms with Crippen LogP contribution in [0.1, 0.15) is 35.1 Å². The van der Waals surface area contributed by atoms with Crippen molar-refractivity contribution in [2.45, 2.75) is 25.9 Å². The van der Waals surface area contributed by atoms with Gasteiger partial charge >= 0.3 is 5.69 Å². The zero-order valence-corrected chi connectivity index (χ0v) is 21.4. The number of hydrogen-bond donors (Lipinski definition) is 0. The van der Waals surface area contributed by atoms with Gasteiger partial charge in [0.05, 0.1) is 18.6 Å². The molecule has 0 spiro atoms. The minimum Gasteiger partial charge on any atom is -0.497 e. The molecule has 0 aliphatic rings. The smallest absolute Gasteiger partial charge is 0.311 e. The number of nitro groups is 1. The molecule has 0 fully saturated rings. The Morgan fingerprint density at radius 1 is 0.737 bits per heavy atom. The third-order valence-corrected chi connectivity index (χ3v) is 6.07. The maximum absolute atomic E-state index is 11.7. The summed E-state index contributed by atoms with van der Waals surface area (Å²) in [4.78, 5) is 11.2. The highest BCUT2D eigenvalue weighted by Gasteiger charge is 2.18. The molecule has 0 aliphatic heterocycles. The molecule has 0 atom stereocenters.